The number of hydrogen-bond donors (Lipinski definition) is 1. The number of rotatable bonds is 4. The van der Waals surface area contributed by atoms with E-state index in [1.807, 2.05) is 6.07 Å². The molecule has 0 saturated heterocycles. The number of benzene rings is 1. The molecule has 2 aromatic rings. The molecule has 0 aliphatic carbocycles. The molecule has 0 amide bonds. The molecule has 3 rings (SSSR count). The number of furan rings is 1. The van der Waals surface area contributed by atoms with Crippen LogP contribution in [0.1, 0.15) is 11.5 Å². The number of aliphatic hydroxyl groups is 1. The Hall–Kier alpha value is -2.14. The highest BCUT2D eigenvalue weighted by Gasteiger charge is 2.13. The van der Waals surface area contributed by atoms with Crippen molar-refractivity contribution in [3.8, 4) is 17.2 Å². The summed E-state index contributed by atoms with van der Waals surface area (Å²) in [5.41, 5.74) is 0. The van der Waals surface area contributed by atoms with E-state index in [9.17, 15) is 0 Å². The zero-order valence-electron chi connectivity index (χ0n) is 9.59. The maximum Gasteiger partial charge on any atom is 0.231 e. The Morgan fingerprint density at radius 3 is 2.72 bits per heavy atom. The van der Waals surface area contributed by atoms with Crippen LogP contribution in [0.2, 0.25) is 0 Å². The number of aliphatic hydroxyl groups excluding tert-OH is 1. The summed E-state index contributed by atoms with van der Waals surface area (Å²) in [5, 5.41) is 8.88. The van der Waals surface area contributed by atoms with Crippen molar-refractivity contribution in [1.29, 1.82) is 0 Å². The molecule has 2 heterocycles. The highest BCUT2D eigenvalue weighted by molar-refractivity contribution is 5.46. The van der Waals surface area contributed by atoms with Gasteiger partial charge in [0.15, 0.2) is 11.5 Å². The molecule has 0 fully saturated rings. The van der Waals surface area contributed by atoms with Crippen LogP contribution in [0.5, 0.6) is 17.2 Å². The van der Waals surface area contributed by atoms with Crippen molar-refractivity contribution in [3.63, 3.8) is 0 Å². The van der Waals surface area contributed by atoms with Crippen LogP contribution >= 0.6 is 0 Å². The van der Waals surface area contributed by atoms with E-state index in [4.69, 9.17) is 23.7 Å². The first-order chi connectivity index (χ1) is 8.85. The summed E-state index contributed by atoms with van der Waals surface area (Å²) < 4.78 is 21.3. The Labute approximate surface area is 104 Å². The summed E-state index contributed by atoms with van der Waals surface area (Å²) in [7, 11) is 0. The number of ether oxygens (including phenoxy) is 3. The molecule has 0 saturated carbocycles. The minimum Gasteiger partial charge on any atom is -0.486 e. The molecule has 0 spiro atoms. The van der Waals surface area contributed by atoms with Gasteiger partial charge in [-0.2, -0.15) is 0 Å². The average Bonchev–Trinajstić information content (AvgIpc) is 3.04. The molecule has 1 aromatic carbocycles. The molecule has 94 valence electrons. The van der Waals surface area contributed by atoms with E-state index >= 15 is 0 Å². The molecule has 1 aliphatic heterocycles. The molecule has 1 aromatic heterocycles. The van der Waals surface area contributed by atoms with E-state index < -0.39 is 0 Å². The van der Waals surface area contributed by atoms with Crippen LogP contribution in [0.3, 0.4) is 0 Å². The summed E-state index contributed by atoms with van der Waals surface area (Å²) in [4.78, 5) is 0. The minimum absolute atomic E-state index is 0.107. The van der Waals surface area contributed by atoms with Crippen molar-refractivity contribution in [1.82, 2.24) is 0 Å². The lowest BCUT2D eigenvalue weighted by molar-refractivity contribution is 0.173. The lowest BCUT2D eigenvalue weighted by Crippen LogP contribution is -1.94. The van der Waals surface area contributed by atoms with Gasteiger partial charge in [0.1, 0.15) is 30.5 Å². The van der Waals surface area contributed by atoms with Gasteiger partial charge in [-0.3, -0.25) is 0 Å². The normalized spacial score (nSPS) is 12.7. The molecular weight excluding hydrogens is 236 g/mol. The van der Waals surface area contributed by atoms with Gasteiger partial charge in [-0.1, -0.05) is 0 Å². The van der Waals surface area contributed by atoms with Crippen LogP contribution < -0.4 is 14.2 Å². The van der Waals surface area contributed by atoms with E-state index in [-0.39, 0.29) is 13.4 Å². The molecule has 0 radical (unpaired) electrons. The first-order valence-electron chi connectivity index (χ1n) is 5.56. The van der Waals surface area contributed by atoms with E-state index in [2.05, 4.69) is 0 Å². The van der Waals surface area contributed by atoms with Gasteiger partial charge in [0, 0.05) is 6.07 Å². The van der Waals surface area contributed by atoms with Crippen molar-refractivity contribution >= 4 is 0 Å². The van der Waals surface area contributed by atoms with Crippen LogP contribution in [-0.4, -0.2) is 11.9 Å². The summed E-state index contributed by atoms with van der Waals surface area (Å²) in [5.74, 6) is 3.28. The Kier molecular flexibility index (Phi) is 2.82. The van der Waals surface area contributed by atoms with Crippen LogP contribution in [0.4, 0.5) is 0 Å². The molecular formula is C13H12O5. The van der Waals surface area contributed by atoms with E-state index in [1.165, 1.54) is 0 Å². The van der Waals surface area contributed by atoms with Gasteiger partial charge < -0.3 is 23.7 Å². The third-order valence-electron chi connectivity index (χ3n) is 2.60. The van der Waals surface area contributed by atoms with Crippen molar-refractivity contribution in [2.45, 2.75) is 13.2 Å². The standard InChI is InChI=1S/C13H12O5/c14-6-10-1-2-11(18-10)7-15-9-3-4-12-13(5-9)17-8-16-12/h1-5,14H,6-8H2. The lowest BCUT2D eigenvalue weighted by atomic mass is 10.3. The van der Waals surface area contributed by atoms with Gasteiger partial charge in [-0.05, 0) is 24.3 Å². The monoisotopic (exact) mass is 248 g/mol. The molecule has 0 unspecified atom stereocenters. The van der Waals surface area contributed by atoms with Gasteiger partial charge in [0.2, 0.25) is 6.79 Å². The van der Waals surface area contributed by atoms with Crippen molar-refractivity contribution < 1.29 is 23.7 Å². The molecule has 5 heteroatoms. The van der Waals surface area contributed by atoms with Crippen LogP contribution in [-0.2, 0) is 13.2 Å². The smallest absolute Gasteiger partial charge is 0.231 e. The second kappa shape index (κ2) is 4.62. The second-order valence-electron chi connectivity index (χ2n) is 3.83. The second-order valence-corrected chi connectivity index (χ2v) is 3.83. The molecule has 0 atom stereocenters. The summed E-state index contributed by atoms with van der Waals surface area (Å²) in [6.07, 6.45) is 0. The molecule has 5 nitrogen and oxygen atoms in total. The zero-order valence-corrected chi connectivity index (χ0v) is 9.59. The van der Waals surface area contributed by atoms with Crippen molar-refractivity contribution in [2.24, 2.45) is 0 Å². The summed E-state index contributed by atoms with van der Waals surface area (Å²) in [6, 6.07) is 8.89. The van der Waals surface area contributed by atoms with E-state index in [0.29, 0.717) is 29.6 Å². The molecule has 1 aliphatic rings. The average molecular weight is 248 g/mol. The minimum atomic E-state index is -0.107. The fraction of sp³-hybridized carbons (Fsp3) is 0.231. The third kappa shape index (κ3) is 2.12. The molecule has 1 N–H and O–H groups in total. The van der Waals surface area contributed by atoms with Gasteiger partial charge in [-0.15, -0.1) is 0 Å². The first-order valence-corrected chi connectivity index (χ1v) is 5.56. The summed E-state index contributed by atoms with van der Waals surface area (Å²) >= 11 is 0. The zero-order chi connectivity index (χ0) is 12.4. The Morgan fingerprint density at radius 1 is 1.06 bits per heavy atom. The molecule has 18 heavy (non-hydrogen) atoms. The van der Waals surface area contributed by atoms with Gasteiger partial charge in [0.05, 0.1) is 0 Å². The van der Waals surface area contributed by atoms with Crippen molar-refractivity contribution in [2.75, 3.05) is 6.79 Å². The SMILES string of the molecule is OCc1ccc(COc2ccc3c(c2)OCO3)o1. The Bertz CT molecular complexity index is 546. The van der Waals surface area contributed by atoms with Gasteiger partial charge in [-0.25, -0.2) is 0 Å². The van der Waals surface area contributed by atoms with E-state index in [0.717, 1.165) is 5.75 Å². The van der Waals surface area contributed by atoms with Gasteiger partial charge >= 0.3 is 0 Å². The first kappa shape index (κ1) is 11.0. The maximum atomic E-state index is 8.88. The summed E-state index contributed by atoms with van der Waals surface area (Å²) in [6.45, 7) is 0.445. The van der Waals surface area contributed by atoms with Crippen LogP contribution in [0.15, 0.2) is 34.7 Å². The Balaban J connectivity index is 1.66. The largest absolute Gasteiger partial charge is 0.486 e. The lowest BCUT2D eigenvalue weighted by Gasteiger charge is -2.05. The fourth-order valence-corrected chi connectivity index (χ4v) is 1.71. The highest BCUT2D eigenvalue weighted by atomic mass is 16.7. The fourth-order valence-electron chi connectivity index (χ4n) is 1.71. The van der Waals surface area contributed by atoms with Crippen molar-refractivity contribution in [3.05, 3.63) is 41.9 Å². The predicted octanol–water partition coefficient (Wildman–Crippen LogP) is 2.08. The van der Waals surface area contributed by atoms with Crippen LogP contribution in [0.25, 0.3) is 0 Å². The number of fused-ring (bicyclic) bond motifs is 1. The molecule has 0 bridgehead atoms. The predicted molar refractivity (Wildman–Crippen MR) is 61.5 cm³/mol. The quantitative estimate of drug-likeness (QED) is 0.897. The number of hydrogen-bond acceptors (Lipinski definition) is 5. The Morgan fingerprint density at radius 2 is 1.89 bits per heavy atom. The van der Waals surface area contributed by atoms with E-state index in [1.54, 1.807) is 24.3 Å². The third-order valence-corrected chi connectivity index (χ3v) is 2.60. The topological polar surface area (TPSA) is 61.1 Å². The van der Waals surface area contributed by atoms with Gasteiger partial charge in [0.25, 0.3) is 0 Å². The maximum absolute atomic E-state index is 8.88. The van der Waals surface area contributed by atoms with Crippen LogP contribution in [0, 0.1) is 0 Å². The highest BCUT2D eigenvalue weighted by Crippen LogP contribution is 2.35.